The highest BCUT2D eigenvalue weighted by Gasteiger charge is 2.23. The summed E-state index contributed by atoms with van der Waals surface area (Å²) in [4.78, 5) is 32.7. The van der Waals surface area contributed by atoms with Crippen molar-refractivity contribution in [1.82, 2.24) is 9.80 Å². The molecule has 1 atom stereocenters. The van der Waals surface area contributed by atoms with Crippen molar-refractivity contribution in [2.24, 2.45) is 4.99 Å². The summed E-state index contributed by atoms with van der Waals surface area (Å²) in [6.07, 6.45) is 2.10. The van der Waals surface area contributed by atoms with Gasteiger partial charge in [-0.15, -0.1) is 0 Å². The second-order valence-electron chi connectivity index (χ2n) is 8.63. The van der Waals surface area contributed by atoms with Gasteiger partial charge in [-0.1, -0.05) is 6.07 Å². The highest BCUT2D eigenvalue weighted by atomic mass is 19.1. The molecule has 0 aliphatic carbocycles. The molecule has 0 bridgehead atoms. The van der Waals surface area contributed by atoms with E-state index in [-0.39, 0.29) is 29.9 Å². The Balaban J connectivity index is 1.35. The second kappa shape index (κ2) is 11.8. The number of carbonyl (C=O) groups excluding carboxylic acids is 1. The van der Waals surface area contributed by atoms with Gasteiger partial charge in [0.15, 0.2) is 5.96 Å². The fourth-order valence-corrected chi connectivity index (χ4v) is 4.11. The van der Waals surface area contributed by atoms with E-state index >= 15 is 0 Å². The number of nitrogens with zero attached hydrogens (tertiary/aromatic N) is 3. The minimum atomic E-state index is -0.987. The van der Waals surface area contributed by atoms with Crippen LogP contribution in [0.15, 0.2) is 53.5 Å². The van der Waals surface area contributed by atoms with Crippen LogP contribution in [-0.2, 0) is 9.53 Å². The number of halogens is 1. The Hall–Kier alpha value is -3.50. The molecule has 2 aliphatic rings. The Morgan fingerprint density at radius 3 is 2.51 bits per heavy atom. The van der Waals surface area contributed by atoms with Gasteiger partial charge in [-0.25, -0.2) is 9.18 Å². The average Bonchev–Trinajstić information content (AvgIpc) is 3.38. The number of carboxylic acids is 1. The van der Waals surface area contributed by atoms with E-state index < -0.39 is 5.97 Å². The monoisotopic (exact) mass is 483 g/mol. The number of rotatable bonds is 7. The summed E-state index contributed by atoms with van der Waals surface area (Å²) in [7, 11) is 0. The van der Waals surface area contributed by atoms with E-state index in [0.717, 1.165) is 19.4 Å². The average molecular weight is 484 g/mol. The highest BCUT2D eigenvalue weighted by Crippen LogP contribution is 2.16. The van der Waals surface area contributed by atoms with Crippen molar-refractivity contribution < 1.29 is 23.8 Å². The van der Waals surface area contributed by atoms with Gasteiger partial charge in [-0.3, -0.25) is 14.7 Å². The molecule has 2 aromatic carbocycles. The van der Waals surface area contributed by atoms with Crippen LogP contribution in [0.1, 0.15) is 23.2 Å². The first-order valence-electron chi connectivity index (χ1n) is 11.8. The van der Waals surface area contributed by atoms with Gasteiger partial charge in [0.25, 0.3) is 0 Å². The van der Waals surface area contributed by atoms with Gasteiger partial charge < -0.3 is 25.4 Å². The van der Waals surface area contributed by atoms with Gasteiger partial charge in [-0.05, 0) is 55.3 Å². The first-order valence-corrected chi connectivity index (χ1v) is 11.8. The number of guanidine groups is 1. The van der Waals surface area contributed by atoms with Gasteiger partial charge in [0.2, 0.25) is 5.91 Å². The maximum absolute atomic E-state index is 13.1. The number of carboxylic acid groups (broad SMARTS) is 1. The lowest BCUT2D eigenvalue weighted by molar-refractivity contribution is -0.117. The number of piperazine rings is 1. The van der Waals surface area contributed by atoms with Crippen LogP contribution in [0.25, 0.3) is 0 Å². The highest BCUT2D eigenvalue weighted by molar-refractivity contribution is 5.96. The second-order valence-corrected chi connectivity index (χ2v) is 8.63. The van der Waals surface area contributed by atoms with Crippen LogP contribution in [0.4, 0.5) is 15.8 Å². The number of amides is 1. The summed E-state index contributed by atoms with van der Waals surface area (Å²) in [6, 6.07) is 12.3. The van der Waals surface area contributed by atoms with Crippen molar-refractivity contribution in [2.45, 2.75) is 18.9 Å². The van der Waals surface area contributed by atoms with Crippen molar-refractivity contribution in [2.75, 3.05) is 56.5 Å². The largest absolute Gasteiger partial charge is 0.478 e. The number of hydrogen-bond acceptors (Lipinski definition) is 5. The standard InChI is InChI=1S/C25H30FN5O4/c26-19-6-8-20(9-7-19)28-23(32)17-30-10-12-31(13-11-30)25(27-16-22-5-2-14-35-22)29-21-4-1-3-18(15-21)24(33)34/h1,3-4,6-9,15,22H,2,5,10-14,16-17H2,(H,27,29)(H,28,32)(H,33,34). The molecule has 2 heterocycles. The molecule has 1 amide bonds. The lowest BCUT2D eigenvalue weighted by Gasteiger charge is -2.36. The third-order valence-corrected chi connectivity index (χ3v) is 6.00. The SMILES string of the molecule is O=C(CN1CCN(C(=NCC2CCCO2)Nc2cccc(C(=O)O)c2)CC1)Nc1ccc(F)cc1. The quantitative estimate of drug-likeness (QED) is 0.411. The molecule has 1 unspecified atom stereocenters. The topological polar surface area (TPSA) is 107 Å². The number of aromatic carboxylic acids is 1. The Labute approximate surface area is 203 Å². The van der Waals surface area contributed by atoms with Crippen LogP contribution in [0.3, 0.4) is 0 Å². The molecular formula is C25H30FN5O4. The number of nitrogens with one attached hydrogen (secondary N) is 2. The molecule has 0 radical (unpaired) electrons. The van der Waals surface area contributed by atoms with Gasteiger partial charge >= 0.3 is 5.97 Å². The van der Waals surface area contributed by atoms with Crippen LogP contribution in [0.5, 0.6) is 0 Å². The molecule has 186 valence electrons. The molecule has 3 N–H and O–H groups in total. The molecule has 35 heavy (non-hydrogen) atoms. The fraction of sp³-hybridized carbons (Fsp3) is 0.400. The molecule has 9 nitrogen and oxygen atoms in total. The molecule has 4 rings (SSSR count). The number of ether oxygens (including phenoxy) is 1. The van der Waals surface area contributed by atoms with Gasteiger partial charge in [0.1, 0.15) is 5.82 Å². The molecule has 0 spiro atoms. The van der Waals surface area contributed by atoms with E-state index in [1.807, 2.05) is 6.07 Å². The molecule has 10 heteroatoms. The van der Waals surface area contributed by atoms with E-state index in [1.54, 1.807) is 18.2 Å². The Morgan fingerprint density at radius 1 is 1.06 bits per heavy atom. The maximum atomic E-state index is 13.1. The molecule has 2 aliphatic heterocycles. The number of carbonyl (C=O) groups is 2. The predicted molar refractivity (Wildman–Crippen MR) is 131 cm³/mol. The van der Waals surface area contributed by atoms with E-state index in [2.05, 4.69) is 20.4 Å². The summed E-state index contributed by atoms with van der Waals surface area (Å²) in [5.41, 5.74) is 1.41. The zero-order chi connectivity index (χ0) is 24.6. The van der Waals surface area contributed by atoms with Gasteiger partial charge in [0, 0.05) is 44.2 Å². The minimum absolute atomic E-state index is 0.0913. The first kappa shape index (κ1) is 24.6. The van der Waals surface area contributed by atoms with Crippen molar-refractivity contribution in [3.63, 3.8) is 0 Å². The molecular weight excluding hydrogens is 453 g/mol. The van der Waals surface area contributed by atoms with Gasteiger partial charge in [0.05, 0.1) is 24.8 Å². The number of benzene rings is 2. The van der Waals surface area contributed by atoms with Crippen molar-refractivity contribution in [3.8, 4) is 0 Å². The molecule has 2 aromatic rings. The molecule has 2 saturated heterocycles. The number of anilines is 2. The third-order valence-electron chi connectivity index (χ3n) is 6.00. The number of aliphatic imine (C=N–C) groups is 1. The van der Waals surface area contributed by atoms with E-state index in [4.69, 9.17) is 9.73 Å². The minimum Gasteiger partial charge on any atom is -0.478 e. The third kappa shape index (κ3) is 7.24. The predicted octanol–water partition coefficient (Wildman–Crippen LogP) is 2.73. The zero-order valence-corrected chi connectivity index (χ0v) is 19.5. The lowest BCUT2D eigenvalue weighted by atomic mass is 10.2. The fourth-order valence-electron chi connectivity index (χ4n) is 4.11. The Morgan fingerprint density at radius 2 is 1.83 bits per heavy atom. The summed E-state index contributed by atoms with van der Waals surface area (Å²) >= 11 is 0. The van der Waals surface area contributed by atoms with Crippen molar-refractivity contribution in [3.05, 3.63) is 59.9 Å². The zero-order valence-electron chi connectivity index (χ0n) is 19.5. The summed E-state index contributed by atoms with van der Waals surface area (Å²) in [5, 5.41) is 15.4. The molecule has 0 saturated carbocycles. The van der Waals surface area contributed by atoms with E-state index in [0.29, 0.717) is 50.1 Å². The van der Waals surface area contributed by atoms with Crippen LogP contribution < -0.4 is 10.6 Å². The summed E-state index contributed by atoms with van der Waals surface area (Å²) in [5.74, 6) is -0.821. The van der Waals surface area contributed by atoms with E-state index in [9.17, 15) is 19.1 Å². The van der Waals surface area contributed by atoms with Crippen LogP contribution >= 0.6 is 0 Å². The number of hydrogen-bond donors (Lipinski definition) is 3. The molecule has 2 fully saturated rings. The first-order chi connectivity index (χ1) is 17.0. The van der Waals surface area contributed by atoms with Crippen LogP contribution in [0.2, 0.25) is 0 Å². The van der Waals surface area contributed by atoms with Crippen molar-refractivity contribution >= 4 is 29.2 Å². The van der Waals surface area contributed by atoms with E-state index in [1.165, 1.54) is 24.3 Å². The Bertz CT molecular complexity index is 1050. The lowest BCUT2D eigenvalue weighted by Crippen LogP contribution is -2.52. The summed E-state index contributed by atoms with van der Waals surface area (Å²) < 4.78 is 18.8. The van der Waals surface area contributed by atoms with Crippen LogP contribution in [-0.4, -0.2) is 84.7 Å². The van der Waals surface area contributed by atoms with Gasteiger partial charge in [-0.2, -0.15) is 0 Å². The normalized spacial score (nSPS) is 18.9. The maximum Gasteiger partial charge on any atom is 0.335 e. The smallest absolute Gasteiger partial charge is 0.335 e. The van der Waals surface area contributed by atoms with Crippen LogP contribution in [0, 0.1) is 5.82 Å². The Kier molecular flexibility index (Phi) is 8.27. The molecule has 0 aromatic heterocycles. The summed E-state index contributed by atoms with van der Waals surface area (Å²) in [6.45, 7) is 4.14. The van der Waals surface area contributed by atoms with Crippen molar-refractivity contribution in [1.29, 1.82) is 0 Å².